The van der Waals surface area contributed by atoms with Crippen molar-refractivity contribution >= 4 is 5.71 Å². The summed E-state index contributed by atoms with van der Waals surface area (Å²) in [7, 11) is 3.34. The number of benzene rings is 2. The lowest BCUT2D eigenvalue weighted by molar-refractivity contribution is -0.212. The Morgan fingerprint density at radius 2 is 1.93 bits per heavy atom. The van der Waals surface area contributed by atoms with E-state index in [0.717, 1.165) is 47.8 Å². The third kappa shape index (κ3) is 3.01. The number of rotatable bonds is 3. The molecule has 30 heavy (non-hydrogen) atoms. The summed E-state index contributed by atoms with van der Waals surface area (Å²) in [6, 6.07) is 14.3. The van der Waals surface area contributed by atoms with E-state index < -0.39 is 5.72 Å². The van der Waals surface area contributed by atoms with Gasteiger partial charge in [-0.25, -0.2) is 5.01 Å². The van der Waals surface area contributed by atoms with E-state index >= 15 is 0 Å². The zero-order valence-corrected chi connectivity index (χ0v) is 18.0. The summed E-state index contributed by atoms with van der Waals surface area (Å²) in [5, 5.41) is 7.33. The van der Waals surface area contributed by atoms with Gasteiger partial charge in [-0.1, -0.05) is 18.2 Å². The molecule has 2 unspecified atom stereocenters. The summed E-state index contributed by atoms with van der Waals surface area (Å²) in [4.78, 5) is 0. The van der Waals surface area contributed by atoms with Crippen LogP contribution in [-0.2, 0) is 4.74 Å². The van der Waals surface area contributed by atoms with Crippen LogP contribution in [0.5, 0.6) is 17.2 Å². The molecular weight excluding hydrogens is 380 g/mol. The molecule has 3 aliphatic rings. The van der Waals surface area contributed by atoms with Gasteiger partial charge in [0.05, 0.1) is 38.2 Å². The topological polar surface area (TPSA) is 52.5 Å². The van der Waals surface area contributed by atoms with Crippen LogP contribution in [0.1, 0.15) is 50.3 Å². The first-order chi connectivity index (χ1) is 14.4. The molecule has 1 spiro atoms. The van der Waals surface area contributed by atoms with Gasteiger partial charge in [0.15, 0.2) is 0 Å². The molecule has 2 aromatic carbocycles. The van der Waals surface area contributed by atoms with E-state index in [1.807, 2.05) is 24.3 Å². The monoisotopic (exact) mass is 408 g/mol. The predicted molar refractivity (Wildman–Crippen MR) is 114 cm³/mol. The minimum atomic E-state index is -0.512. The average Bonchev–Trinajstić information content (AvgIpc) is 3.19. The van der Waals surface area contributed by atoms with Gasteiger partial charge in [-0.05, 0) is 32.0 Å². The van der Waals surface area contributed by atoms with Crippen molar-refractivity contribution in [2.45, 2.75) is 50.5 Å². The van der Waals surface area contributed by atoms with Gasteiger partial charge in [-0.3, -0.25) is 0 Å². The number of hydrogen-bond donors (Lipinski definition) is 0. The molecule has 2 atom stereocenters. The maximum absolute atomic E-state index is 6.67. The van der Waals surface area contributed by atoms with Crippen LogP contribution in [0.3, 0.4) is 0 Å². The highest BCUT2D eigenvalue weighted by Crippen LogP contribution is 2.52. The standard InChI is InChI=1S/C24H28N2O4/c1-23(2)15-24(11-12-29-23)26-20(18-7-5-6-8-21(18)30-24)14-19(25-26)17-10-9-16(27-3)13-22(17)28-4/h5-10,13,20H,11-12,14-15H2,1-4H3. The minimum Gasteiger partial charge on any atom is -0.497 e. The van der Waals surface area contributed by atoms with Crippen molar-refractivity contribution in [3.8, 4) is 17.2 Å². The molecule has 0 radical (unpaired) electrons. The number of hydrogen-bond acceptors (Lipinski definition) is 6. The van der Waals surface area contributed by atoms with Crippen LogP contribution in [0.15, 0.2) is 47.6 Å². The van der Waals surface area contributed by atoms with E-state index in [1.54, 1.807) is 14.2 Å². The summed E-state index contributed by atoms with van der Waals surface area (Å²) in [5.41, 5.74) is 2.39. The quantitative estimate of drug-likeness (QED) is 0.747. The molecule has 3 heterocycles. The van der Waals surface area contributed by atoms with Crippen LogP contribution in [-0.4, -0.2) is 42.9 Å². The lowest BCUT2D eigenvalue weighted by atomic mass is 9.86. The number of ether oxygens (including phenoxy) is 4. The highest BCUT2D eigenvalue weighted by Gasteiger charge is 2.54. The molecule has 0 amide bonds. The van der Waals surface area contributed by atoms with Crippen molar-refractivity contribution in [1.29, 1.82) is 0 Å². The van der Waals surface area contributed by atoms with E-state index in [9.17, 15) is 0 Å². The summed E-state index contributed by atoms with van der Waals surface area (Å²) in [6.07, 6.45) is 2.32. The Morgan fingerprint density at radius 3 is 2.70 bits per heavy atom. The van der Waals surface area contributed by atoms with Gasteiger partial charge in [0.25, 0.3) is 0 Å². The van der Waals surface area contributed by atoms with Gasteiger partial charge in [0.2, 0.25) is 5.72 Å². The van der Waals surface area contributed by atoms with E-state index in [1.165, 1.54) is 5.56 Å². The maximum atomic E-state index is 6.67. The second-order valence-electron chi connectivity index (χ2n) is 8.80. The van der Waals surface area contributed by atoms with Crippen molar-refractivity contribution in [3.63, 3.8) is 0 Å². The van der Waals surface area contributed by atoms with Crippen molar-refractivity contribution in [3.05, 3.63) is 53.6 Å². The molecule has 158 valence electrons. The smallest absolute Gasteiger partial charge is 0.203 e. The van der Waals surface area contributed by atoms with Crippen LogP contribution >= 0.6 is 0 Å². The average molecular weight is 408 g/mol. The Morgan fingerprint density at radius 1 is 1.10 bits per heavy atom. The third-order valence-electron chi connectivity index (χ3n) is 6.31. The van der Waals surface area contributed by atoms with E-state index in [2.05, 4.69) is 37.1 Å². The van der Waals surface area contributed by atoms with Crippen molar-refractivity contribution in [1.82, 2.24) is 5.01 Å². The third-order valence-corrected chi connectivity index (χ3v) is 6.31. The zero-order valence-electron chi connectivity index (χ0n) is 18.0. The first-order valence-electron chi connectivity index (χ1n) is 10.5. The summed E-state index contributed by atoms with van der Waals surface area (Å²) in [6.45, 7) is 4.90. The normalized spacial score (nSPS) is 26.5. The molecule has 0 bridgehead atoms. The summed E-state index contributed by atoms with van der Waals surface area (Å²) in [5.74, 6) is 2.49. The molecule has 0 saturated carbocycles. The number of nitrogens with zero attached hydrogens (tertiary/aromatic N) is 2. The second kappa shape index (κ2) is 6.91. The van der Waals surface area contributed by atoms with Crippen LogP contribution in [0, 0.1) is 0 Å². The van der Waals surface area contributed by atoms with Gasteiger partial charge in [-0.2, -0.15) is 5.10 Å². The SMILES string of the molecule is COc1ccc(C2=NN3C(C2)c2ccccc2OC32CCOC(C)(C)C2)c(OC)c1. The highest BCUT2D eigenvalue weighted by atomic mass is 16.5. The Balaban J connectivity index is 1.60. The number of fused-ring (bicyclic) bond motifs is 4. The highest BCUT2D eigenvalue weighted by molar-refractivity contribution is 6.04. The fourth-order valence-electron chi connectivity index (χ4n) is 5.00. The zero-order chi connectivity index (χ0) is 20.9. The van der Waals surface area contributed by atoms with Crippen molar-refractivity contribution in [2.24, 2.45) is 5.10 Å². The van der Waals surface area contributed by atoms with Crippen LogP contribution in [0.2, 0.25) is 0 Å². The second-order valence-corrected chi connectivity index (χ2v) is 8.80. The van der Waals surface area contributed by atoms with Gasteiger partial charge < -0.3 is 18.9 Å². The molecule has 6 nitrogen and oxygen atoms in total. The molecule has 5 rings (SSSR count). The minimum absolute atomic E-state index is 0.130. The first kappa shape index (κ1) is 19.2. The van der Waals surface area contributed by atoms with Crippen LogP contribution in [0.4, 0.5) is 0 Å². The molecule has 0 aromatic heterocycles. The molecular formula is C24H28N2O4. The number of hydrazone groups is 1. The lowest BCUT2D eigenvalue weighted by Gasteiger charge is -2.52. The van der Waals surface area contributed by atoms with Gasteiger partial charge >= 0.3 is 0 Å². The summed E-state index contributed by atoms with van der Waals surface area (Å²) < 4.78 is 23.7. The van der Waals surface area contributed by atoms with Crippen molar-refractivity contribution in [2.75, 3.05) is 20.8 Å². The Bertz CT molecular complexity index is 1000. The molecule has 0 aliphatic carbocycles. The Labute approximate surface area is 177 Å². The molecule has 3 aliphatic heterocycles. The number of methoxy groups -OCH3 is 2. The number of para-hydroxylation sites is 1. The molecule has 6 heteroatoms. The largest absolute Gasteiger partial charge is 0.497 e. The fraction of sp³-hybridized carbons (Fsp3) is 0.458. The van der Waals surface area contributed by atoms with Crippen LogP contribution < -0.4 is 14.2 Å². The van der Waals surface area contributed by atoms with Crippen molar-refractivity contribution < 1.29 is 18.9 Å². The van der Waals surface area contributed by atoms with Gasteiger partial charge in [0, 0.05) is 36.5 Å². The Hall–Kier alpha value is -2.73. The first-order valence-corrected chi connectivity index (χ1v) is 10.5. The van der Waals surface area contributed by atoms with Crippen LogP contribution in [0.25, 0.3) is 0 Å². The molecule has 1 saturated heterocycles. The summed E-state index contributed by atoms with van der Waals surface area (Å²) >= 11 is 0. The fourth-order valence-corrected chi connectivity index (χ4v) is 5.00. The van der Waals surface area contributed by atoms with E-state index in [4.69, 9.17) is 24.0 Å². The lowest BCUT2D eigenvalue weighted by Crippen LogP contribution is -2.60. The van der Waals surface area contributed by atoms with E-state index in [0.29, 0.717) is 6.61 Å². The van der Waals surface area contributed by atoms with E-state index in [-0.39, 0.29) is 11.6 Å². The Kier molecular flexibility index (Phi) is 4.43. The van der Waals surface area contributed by atoms with Gasteiger partial charge in [0.1, 0.15) is 17.2 Å². The van der Waals surface area contributed by atoms with Gasteiger partial charge in [-0.15, -0.1) is 0 Å². The molecule has 1 fully saturated rings. The predicted octanol–water partition coefficient (Wildman–Crippen LogP) is 4.53. The molecule has 2 aromatic rings. The maximum Gasteiger partial charge on any atom is 0.203 e. The molecule has 0 N–H and O–H groups in total.